The van der Waals surface area contributed by atoms with E-state index in [0.717, 1.165) is 12.1 Å². The molecule has 2 aromatic carbocycles. The van der Waals surface area contributed by atoms with Crippen molar-refractivity contribution in [3.8, 4) is 0 Å². The first-order valence-corrected chi connectivity index (χ1v) is 7.66. The third-order valence-corrected chi connectivity index (χ3v) is 4.64. The van der Waals surface area contributed by atoms with Gasteiger partial charge >= 0.3 is 6.18 Å². The quantitative estimate of drug-likeness (QED) is 0.790. The average Bonchev–Trinajstić information content (AvgIpc) is 2.54. The van der Waals surface area contributed by atoms with E-state index in [1.165, 1.54) is 23.1 Å². The SMILES string of the molecule is NC1C(=O)N(c2ccc(Cl)c(Cl)c2)C1c1ccc(C(F)(F)F)cc1. The predicted octanol–water partition coefficient (Wildman–Crippen LogP) is 4.43. The molecule has 2 aromatic rings. The molecule has 1 amide bonds. The molecule has 0 aliphatic carbocycles. The smallest absolute Gasteiger partial charge is 0.318 e. The fraction of sp³-hybridized carbons (Fsp3) is 0.188. The molecule has 3 rings (SSSR count). The van der Waals surface area contributed by atoms with E-state index in [9.17, 15) is 18.0 Å². The normalized spacial score (nSPS) is 20.9. The minimum absolute atomic E-state index is 0.272. The Bertz CT molecular complexity index is 793. The van der Waals surface area contributed by atoms with Crippen molar-refractivity contribution in [2.45, 2.75) is 18.3 Å². The van der Waals surface area contributed by atoms with Crippen LogP contribution in [0, 0.1) is 0 Å². The number of β-lactam (4-membered cyclic amide) rings is 1. The summed E-state index contributed by atoms with van der Waals surface area (Å²) in [6.45, 7) is 0. The summed E-state index contributed by atoms with van der Waals surface area (Å²) in [6.07, 6.45) is -4.42. The molecule has 0 spiro atoms. The lowest BCUT2D eigenvalue weighted by molar-refractivity contribution is -0.137. The van der Waals surface area contributed by atoms with Crippen molar-refractivity contribution in [3.63, 3.8) is 0 Å². The number of carbonyl (C=O) groups excluding carboxylic acids is 1. The first-order chi connectivity index (χ1) is 11.2. The molecule has 0 aromatic heterocycles. The lowest BCUT2D eigenvalue weighted by Gasteiger charge is -2.45. The number of alkyl halides is 3. The predicted molar refractivity (Wildman–Crippen MR) is 86.1 cm³/mol. The highest BCUT2D eigenvalue weighted by atomic mass is 35.5. The number of anilines is 1. The Morgan fingerprint density at radius 3 is 2.17 bits per heavy atom. The van der Waals surface area contributed by atoms with Gasteiger partial charge in [0, 0.05) is 5.69 Å². The molecule has 1 aliphatic rings. The second kappa shape index (κ2) is 5.95. The van der Waals surface area contributed by atoms with Crippen molar-refractivity contribution < 1.29 is 18.0 Å². The molecule has 24 heavy (non-hydrogen) atoms. The summed E-state index contributed by atoms with van der Waals surface area (Å²) in [5, 5.41) is 0.609. The van der Waals surface area contributed by atoms with Crippen LogP contribution in [0.3, 0.4) is 0 Å². The van der Waals surface area contributed by atoms with Crippen LogP contribution in [-0.4, -0.2) is 11.9 Å². The maximum atomic E-state index is 12.7. The topological polar surface area (TPSA) is 46.3 Å². The fourth-order valence-electron chi connectivity index (χ4n) is 2.66. The van der Waals surface area contributed by atoms with Gasteiger partial charge in [0.2, 0.25) is 5.91 Å². The molecule has 2 unspecified atom stereocenters. The first-order valence-electron chi connectivity index (χ1n) is 6.91. The first kappa shape index (κ1) is 17.1. The van der Waals surface area contributed by atoms with E-state index in [-0.39, 0.29) is 10.9 Å². The second-order valence-corrected chi connectivity index (χ2v) is 6.21. The van der Waals surface area contributed by atoms with Gasteiger partial charge in [-0.3, -0.25) is 4.79 Å². The molecule has 3 nitrogen and oxygen atoms in total. The highest BCUT2D eigenvalue weighted by Gasteiger charge is 2.47. The lowest BCUT2D eigenvalue weighted by Crippen LogP contribution is -2.63. The van der Waals surface area contributed by atoms with E-state index in [4.69, 9.17) is 28.9 Å². The number of nitrogens with zero attached hydrogens (tertiary/aromatic N) is 1. The summed E-state index contributed by atoms with van der Waals surface area (Å²) >= 11 is 11.8. The van der Waals surface area contributed by atoms with Gasteiger partial charge in [-0.15, -0.1) is 0 Å². The average molecular weight is 375 g/mol. The van der Waals surface area contributed by atoms with Crippen LogP contribution in [0.5, 0.6) is 0 Å². The van der Waals surface area contributed by atoms with Crippen molar-refractivity contribution in [2.75, 3.05) is 4.90 Å². The highest BCUT2D eigenvalue weighted by molar-refractivity contribution is 6.42. The van der Waals surface area contributed by atoms with Gasteiger partial charge in [-0.1, -0.05) is 35.3 Å². The molecule has 0 radical (unpaired) electrons. The summed E-state index contributed by atoms with van der Waals surface area (Å²) in [5.41, 5.74) is 6.09. The minimum atomic E-state index is -4.42. The molecule has 126 valence electrons. The van der Waals surface area contributed by atoms with Crippen molar-refractivity contribution in [1.29, 1.82) is 0 Å². The van der Waals surface area contributed by atoms with Gasteiger partial charge in [-0.05, 0) is 35.9 Å². The van der Waals surface area contributed by atoms with Crippen molar-refractivity contribution >= 4 is 34.8 Å². The second-order valence-electron chi connectivity index (χ2n) is 5.40. The number of hydrogen-bond acceptors (Lipinski definition) is 2. The van der Waals surface area contributed by atoms with Gasteiger partial charge in [0.1, 0.15) is 6.04 Å². The minimum Gasteiger partial charge on any atom is -0.318 e. The van der Waals surface area contributed by atoms with E-state index in [2.05, 4.69) is 0 Å². The molecule has 8 heteroatoms. The Hall–Kier alpha value is -1.76. The van der Waals surface area contributed by atoms with Crippen molar-refractivity contribution in [3.05, 3.63) is 63.6 Å². The third-order valence-electron chi connectivity index (χ3n) is 3.90. The number of hydrogen-bond donors (Lipinski definition) is 1. The number of carbonyl (C=O) groups is 1. The zero-order chi connectivity index (χ0) is 17.6. The molecule has 1 saturated heterocycles. The lowest BCUT2D eigenvalue weighted by atomic mass is 9.88. The number of halogens is 5. The van der Waals surface area contributed by atoms with Crippen LogP contribution < -0.4 is 10.6 Å². The van der Waals surface area contributed by atoms with Gasteiger partial charge in [0.25, 0.3) is 0 Å². The molecule has 2 atom stereocenters. The zero-order valence-electron chi connectivity index (χ0n) is 12.0. The van der Waals surface area contributed by atoms with Gasteiger partial charge in [0.05, 0.1) is 21.7 Å². The van der Waals surface area contributed by atoms with E-state index in [1.807, 2.05) is 0 Å². The van der Waals surface area contributed by atoms with Crippen LogP contribution in [0.4, 0.5) is 18.9 Å². The number of amides is 1. The molecule has 2 N–H and O–H groups in total. The Morgan fingerprint density at radius 2 is 1.62 bits per heavy atom. The Kier molecular flexibility index (Phi) is 4.23. The summed E-state index contributed by atoms with van der Waals surface area (Å²) in [6, 6.07) is 7.87. The Balaban J connectivity index is 1.94. The summed E-state index contributed by atoms with van der Waals surface area (Å²) < 4.78 is 38.0. The van der Waals surface area contributed by atoms with Crippen molar-refractivity contribution in [2.24, 2.45) is 5.73 Å². The van der Waals surface area contributed by atoms with Gasteiger partial charge < -0.3 is 10.6 Å². The van der Waals surface area contributed by atoms with Crippen LogP contribution in [0.1, 0.15) is 17.2 Å². The maximum absolute atomic E-state index is 12.7. The standard InChI is InChI=1S/C16H11Cl2F3N2O/c17-11-6-5-10(7-12(11)18)23-14(13(22)15(23)24)8-1-3-9(4-2-8)16(19,20)21/h1-7,13-14H,22H2. The van der Waals surface area contributed by atoms with Gasteiger partial charge in [-0.2, -0.15) is 13.2 Å². The molecule has 1 fully saturated rings. The molecule has 0 saturated carbocycles. The highest BCUT2D eigenvalue weighted by Crippen LogP contribution is 2.40. The van der Waals surface area contributed by atoms with E-state index >= 15 is 0 Å². The Labute approximate surface area is 145 Å². The van der Waals surface area contributed by atoms with Gasteiger partial charge in [-0.25, -0.2) is 0 Å². The summed E-state index contributed by atoms with van der Waals surface area (Å²) in [7, 11) is 0. The van der Waals surface area contributed by atoms with E-state index in [0.29, 0.717) is 16.3 Å². The molecule has 1 aliphatic heterocycles. The number of rotatable bonds is 2. The van der Waals surface area contributed by atoms with Gasteiger partial charge in [0.15, 0.2) is 0 Å². The van der Waals surface area contributed by atoms with Crippen LogP contribution in [-0.2, 0) is 11.0 Å². The summed E-state index contributed by atoms with van der Waals surface area (Å²) in [4.78, 5) is 13.5. The van der Waals surface area contributed by atoms with Crippen LogP contribution in [0.25, 0.3) is 0 Å². The number of nitrogens with two attached hydrogens (primary N) is 1. The third kappa shape index (κ3) is 2.85. The maximum Gasteiger partial charge on any atom is 0.416 e. The van der Waals surface area contributed by atoms with Crippen LogP contribution in [0.15, 0.2) is 42.5 Å². The largest absolute Gasteiger partial charge is 0.416 e. The zero-order valence-corrected chi connectivity index (χ0v) is 13.5. The summed E-state index contributed by atoms with van der Waals surface area (Å²) in [5.74, 6) is -0.335. The molecule has 1 heterocycles. The van der Waals surface area contributed by atoms with Crippen LogP contribution >= 0.6 is 23.2 Å². The monoisotopic (exact) mass is 374 g/mol. The Morgan fingerprint density at radius 1 is 1.00 bits per heavy atom. The number of benzene rings is 2. The molecule has 0 bridgehead atoms. The van der Waals surface area contributed by atoms with E-state index in [1.54, 1.807) is 12.1 Å². The van der Waals surface area contributed by atoms with Crippen LogP contribution in [0.2, 0.25) is 10.0 Å². The molecular weight excluding hydrogens is 364 g/mol. The molecular formula is C16H11Cl2F3N2O. The fourth-order valence-corrected chi connectivity index (χ4v) is 2.95. The van der Waals surface area contributed by atoms with Crippen molar-refractivity contribution in [1.82, 2.24) is 0 Å². The van der Waals surface area contributed by atoms with E-state index < -0.39 is 23.8 Å².